The van der Waals surface area contributed by atoms with Crippen molar-refractivity contribution in [3.8, 4) is 0 Å². The molecule has 3 N–H and O–H groups in total. The molecule has 1 saturated carbocycles. The Morgan fingerprint density at radius 3 is 2.19 bits per heavy atom. The summed E-state index contributed by atoms with van der Waals surface area (Å²) in [5.74, 6) is -0.296. The summed E-state index contributed by atoms with van der Waals surface area (Å²) in [4.78, 5) is 24.6. The number of rotatable bonds is 6. The molecule has 0 saturated heterocycles. The van der Waals surface area contributed by atoms with Gasteiger partial charge in [0.25, 0.3) is 0 Å². The van der Waals surface area contributed by atoms with Crippen molar-refractivity contribution in [1.29, 1.82) is 0 Å². The van der Waals surface area contributed by atoms with Crippen LogP contribution in [0.2, 0.25) is 0 Å². The van der Waals surface area contributed by atoms with Gasteiger partial charge in [-0.05, 0) is 39.0 Å². The monoisotopic (exact) mass is 298 g/mol. The fraction of sp³-hybridized carbons (Fsp3) is 0.875. The minimum absolute atomic E-state index is 0.189. The third-order valence-electron chi connectivity index (χ3n) is 3.85. The van der Waals surface area contributed by atoms with E-state index in [9.17, 15) is 9.59 Å². The highest BCUT2D eigenvalue weighted by atomic mass is 16.5. The second-order valence-electron chi connectivity index (χ2n) is 6.86. The topological polar surface area (TPSA) is 81.4 Å². The minimum atomic E-state index is -0.828. The minimum Gasteiger partial charge on any atom is -0.461 e. The highest BCUT2D eigenvalue weighted by Gasteiger charge is 2.37. The summed E-state index contributed by atoms with van der Waals surface area (Å²) < 4.78 is 5.24. The predicted molar refractivity (Wildman–Crippen MR) is 82.6 cm³/mol. The first-order valence-electron chi connectivity index (χ1n) is 8.05. The van der Waals surface area contributed by atoms with Gasteiger partial charge in [0, 0.05) is 0 Å². The van der Waals surface area contributed by atoms with Crippen LogP contribution < -0.4 is 11.1 Å². The summed E-state index contributed by atoms with van der Waals surface area (Å²) in [7, 11) is 0. The molecule has 0 spiro atoms. The van der Waals surface area contributed by atoms with Gasteiger partial charge in [-0.25, -0.2) is 4.79 Å². The second-order valence-corrected chi connectivity index (χ2v) is 6.86. The molecule has 0 radical (unpaired) electrons. The van der Waals surface area contributed by atoms with Crippen molar-refractivity contribution in [3.05, 3.63) is 0 Å². The van der Waals surface area contributed by atoms with E-state index in [1.807, 2.05) is 13.8 Å². The summed E-state index contributed by atoms with van der Waals surface area (Å²) in [6, 6.07) is -0.609. The normalized spacial score (nSPS) is 19.4. The molecule has 1 aliphatic rings. The summed E-state index contributed by atoms with van der Waals surface area (Å²) in [5.41, 5.74) is 5.39. The number of hydrogen-bond acceptors (Lipinski definition) is 4. The molecule has 1 amide bonds. The zero-order valence-corrected chi connectivity index (χ0v) is 13.8. The number of ether oxygens (including phenoxy) is 1. The maximum Gasteiger partial charge on any atom is 0.328 e. The maximum absolute atomic E-state index is 12.5. The Morgan fingerprint density at radius 1 is 1.14 bits per heavy atom. The number of amides is 1. The SMILES string of the molecule is CC(C)C[C@H](NC(=O)C1(N)CCCCC1)C(=O)OC(C)C. The van der Waals surface area contributed by atoms with Gasteiger partial charge in [0.2, 0.25) is 5.91 Å². The van der Waals surface area contributed by atoms with Crippen LogP contribution >= 0.6 is 0 Å². The Kier molecular flexibility index (Phi) is 6.65. The second kappa shape index (κ2) is 7.78. The van der Waals surface area contributed by atoms with E-state index in [0.29, 0.717) is 19.3 Å². The van der Waals surface area contributed by atoms with Crippen molar-refractivity contribution >= 4 is 11.9 Å². The van der Waals surface area contributed by atoms with Gasteiger partial charge in [-0.15, -0.1) is 0 Å². The van der Waals surface area contributed by atoms with Crippen LogP contribution in [0.4, 0.5) is 0 Å². The van der Waals surface area contributed by atoms with Crippen LogP contribution in [0.25, 0.3) is 0 Å². The highest BCUT2D eigenvalue weighted by Crippen LogP contribution is 2.26. The molecule has 0 unspecified atom stereocenters. The zero-order chi connectivity index (χ0) is 16.0. The number of carbonyl (C=O) groups is 2. The molecule has 21 heavy (non-hydrogen) atoms. The molecule has 0 heterocycles. The summed E-state index contributed by atoms with van der Waals surface area (Å²) >= 11 is 0. The lowest BCUT2D eigenvalue weighted by Gasteiger charge is -2.33. The fourth-order valence-corrected chi connectivity index (χ4v) is 2.71. The van der Waals surface area contributed by atoms with E-state index >= 15 is 0 Å². The first-order chi connectivity index (χ1) is 9.74. The summed E-state index contributed by atoms with van der Waals surface area (Å²) in [6.45, 7) is 7.64. The van der Waals surface area contributed by atoms with Crippen LogP contribution in [0.3, 0.4) is 0 Å². The third kappa shape index (κ3) is 5.65. The summed E-state index contributed by atoms with van der Waals surface area (Å²) in [6.07, 6.45) is 4.80. The van der Waals surface area contributed by atoms with Gasteiger partial charge in [-0.1, -0.05) is 33.1 Å². The average molecular weight is 298 g/mol. The van der Waals surface area contributed by atoms with E-state index in [0.717, 1.165) is 19.3 Å². The van der Waals surface area contributed by atoms with Gasteiger partial charge in [0.15, 0.2) is 0 Å². The van der Waals surface area contributed by atoms with Gasteiger partial charge >= 0.3 is 5.97 Å². The van der Waals surface area contributed by atoms with Gasteiger partial charge in [0.05, 0.1) is 11.6 Å². The quantitative estimate of drug-likeness (QED) is 0.736. The lowest BCUT2D eigenvalue weighted by Crippen LogP contribution is -2.58. The molecule has 0 aromatic carbocycles. The lowest BCUT2D eigenvalue weighted by molar-refractivity contribution is -0.152. The van der Waals surface area contributed by atoms with Crippen LogP contribution in [0.1, 0.15) is 66.2 Å². The molecular formula is C16H30N2O3. The van der Waals surface area contributed by atoms with Gasteiger partial charge in [0.1, 0.15) is 6.04 Å². The molecule has 1 atom stereocenters. The van der Waals surface area contributed by atoms with Crippen molar-refractivity contribution in [2.75, 3.05) is 0 Å². The number of nitrogens with two attached hydrogens (primary N) is 1. The Labute approximate surface area is 128 Å². The maximum atomic E-state index is 12.5. The Hall–Kier alpha value is -1.10. The van der Waals surface area contributed by atoms with Crippen molar-refractivity contribution in [2.45, 2.75) is 83.9 Å². The lowest BCUT2D eigenvalue weighted by atomic mass is 9.81. The predicted octanol–water partition coefficient (Wildman–Crippen LogP) is 2.13. The van der Waals surface area contributed by atoms with E-state index in [4.69, 9.17) is 10.5 Å². The molecule has 1 rings (SSSR count). The van der Waals surface area contributed by atoms with E-state index < -0.39 is 11.6 Å². The number of esters is 1. The Bertz CT molecular complexity index is 361. The van der Waals surface area contributed by atoms with Crippen LogP contribution in [-0.2, 0) is 14.3 Å². The Morgan fingerprint density at radius 2 is 1.71 bits per heavy atom. The molecule has 122 valence electrons. The largest absolute Gasteiger partial charge is 0.461 e. The smallest absolute Gasteiger partial charge is 0.328 e. The average Bonchev–Trinajstić information content (AvgIpc) is 2.37. The molecule has 0 aromatic heterocycles. The molecular weight excluding hydrogens is 268 g/mol. The van der Waals surface area contributed by atoms with E-state index in [2.05, 4.69) is 5.32 Å². The number of nitrogens with one attached hydrogen (secondary N) is 1. The molecule has 1 aliphatic carbocycles. The van der Waals surface area contributed by atoms with E-state index in [1.165, 1.54) is 0 Å². The zero-order valence-electron chi connectivity index (χ0n) is 13.8. The van der Waals surface area contributed by atoms with Crippen LogP contribution in [0.5, 0.6) is 0 Å². The fourth-order valence-electron chi connectivity index (χ4n) is 2.71. The summed E-state index contributed by atoms with van der Waals surface area (Å²) in [5, 5.41) is 2.83. The standard InChI is InChI=1S/C16H30N2O3/c1-11(2)10-13(14(19)21-12(3)4)18-15(20)16(17)8-6-5-7-9-16/h11-13H,5-10,17H2,1-4H3,(H,18,20)/t13-/m0/s1. The molecule has 1 fully saturated rings. The molecule has 0 aliphatic heterocycles. The highest BCUT2D eigenvalue weighted by molar-refractivity contribution is 5.90. The first kappa shape index (κ1) is 18.0. The van der Waals surface area contributed by atoms with Crippen LogP contribution in [0, 0.1) is 5.92 Å². The number of carbonyl (C=O) groups excluding carboxylic acids is 2. The molecule has 0 aromatic rings. The molecule has 0 bridgehead atoms. The van der Waals surface area contributed by atoms with Crippen LogP contribution in [0.15, 0.2) is 0 Å². The molecule has 5 heteroatoms. The third-order valence-corrected chi connectivity index (χ3v) is 3.85. The molecule has 5 nitrogen and oxygen atoms in total. The van der Waals surface area contributed by atoms with Crippen molar-refractivity contribution < 1.29 is 14.3 Å². The first-order valence-corrected chi connectivity index (χ1v) is 8.05. The van der Waals surface area contributed by atoms with Gasteiger partial charge in [-0.2, -0.15) is 0 Å². The van der Waals surface area contributed by atoms with Gasteiger partial charge < -0.3 is 15.8 Å². The van der Waals surface area contributed by atoms with Crippen LogP contribution in [-0.4, -0.2) is 29.6 Å². The van der Waals surface area contributed by atoms with Crippen molar-refractivity contribution in [3.63, 3.8) is 0 Å². The van der Waals surface area contributed by atoms with Gasteiger partial charge in [-0.3, -0.25) is 4.79 Å². The van der Waals surface area contributed by atoms with Crippen molar-refractivity contribution in [2.24, 2.45) is 11.7 Å². The van der Waals surface area contributed by atoms with E-state index in [1.54, 1.807) is 13.8 Å². The number of hydrogen-bond donors (Lipinski definition) is 2. The van der Waals surface area contributed by atoms with Crippen molar-refractivity contribution in [1.82, 2.24) is 5.32 Å². The van der Waals surface area contributed by atoms with E-state index in [-0.39, 0.29) is 23.9 Å². The Balaban J connectivity index is 2.70.